The molecular weight excluding hydrogens is 338 g/mol. The van der Waals surface area contributed by atoms with Crippen LogP contribution in [-0.2, 0) is 6.42 Å². The Labute approximate surface area is 127 Å². The highest BCUT2D eigenvalue weighted by Crippen LogP contribution is 2.26. The molecule has 0 aliphatic carbocycles. The van der Waals surface area contributed by atoms with Gasteiger partial charge in [-0.05, 0) is 29.8 Å². The summed E-state index contributed by atoms with van der Waals surface area (Å²) in [6, 6.07) is 13.6. The van der Waals surface area contributed by atoms with Crippen molar-refractivity contribution >= 4 is 27.3 Å². The fourth-order valence-electron chi connectivity index (χ4n) is 1.72. The second-order valence-electron chi connectivity index (χ2n) is 4.09. The third-order valence-corrected chi connectivity index (χ3v) is 4.18. The van der Waals surface area contributed by atoms with Crippen LogP contribution in [0.2, 0.25) is 0 Å². The molecule has 0 atom stereocenters. The van der Waals surface area contributed by atoms with Gasteiger partial charge in [-0.1, -0.05) is 33.2 Å². The maximum absolute atomic E-state index is 8.81. The molecule has 1 aromatic carbocycles. The first kappa shape index (κ1) is 13.0. The van der Waals surface area contributed by atoms with Gasteiger partial charge in [-0.15, -0.1) is 11.3 Å². The highest BCUT2D eigenvalue weighted by Gasteiger charge is 2.11. The summed E-state index contributed by atoms with van der Waals surface area (Å²) in [4.78, 5) is 5.81. The van der Waals surface area contributed by atoms with Gasteiger partial charge < -0.3 is 4.52 Å². The number of rotatable bonds is 3. The largest absolute Gasteiger partial charge is 0.333 e. The van der Waals surface area contributed by atoms with E-state index in [9.17, 15) is 0 Å². The molecule has 3 rings (SSSR count). The first-order valence-electron chi connectivity index (χ1n) is 5.82. The normalized spacial score (nSPS) is 10.4. The third kappa shape index (κ3) is 2.79. The zero-order valence-electron chi connectivity index (χ0n) is 10.2. The Morgan fingerprint density at radius 2 is 2.00 bits per heavy atom. The average molecular weight is 346 g/mol. The van der Waals surface area contributed by atoms with Crippen LogP contribution in [0.1, 0.15) is 16.3 Å². The molecular formula is C14H8BrN3OS. The SMILES string of the molecule is N#Cc1ccc(-c2nc(Cc3ccc(Br)cc3)no2)s1. The van der Waals surface area contributed by atoms with Crippen molar-refractivity contribution in [1.82, 2.24) is 10.1 Å². The van der Waals surface area contributed by atoms with Crippen molar-refractivity contribution in [2.24, 2.45) is 0 Å². The second kappa shape index (κ2) is 5.57. The maximum atomic E-state index is 8.81. The molecule has 0 saturated heterocycles. The zero-order chi connectivity index (χ0) is 13.9. The number of nitrogens with zero attached hydrogens (tertiary/aromatic N) is 3. The number of halogens is 1. The van der Waals surface area contributed by atoms with E-state index in [1.165, 1.54) is 11.3 Å². The van der Waals surface area contributed by atoms with Gasteiger partial charge in [0.15, 0.2) is 5.82 Å². The molecule has 0 saturated carbocycles. The topological polar surface area (TPSA) is 62.7 Å². The van der Waals surface area contributed by atoms with Gasteiger partial charge in [0.1, 0.15) is 10.9 Å². The summed E-state index contributed by atoms with van der Waals surface area (Å²) in [6.07, 6.45) is 0.618. The Kier molecular flexibility index (Phi) is 3.63. The molecule has 0 unspecified atom stereocenters. The smallest absolute Gasteiger partial charge is 0.268 e. The van der Waals surface area contributed by atoms with Crippen LogP contribution in [0.25, 0.3) is 10.8 Å². The maximum Gasteiger partial charge on any atom is 0.268 e. The minimum atomic E-state index is 0.462. The van der Waals surface area contributed by atoms with Gasteiger partial charge in [0.05, 0.1) is 4.88 Å². The van der Waals surface area contributed by atoms with Crippen LogP contribution in [0.3, 0.4) is 0 Å². The predicted octanol–water partition coefficient (Wildman–Crippen LogP) is 4.02. The number of hydrogen-bond acceptors (Lipinski definition) is 5. The highest BCUT2D eigenvalue weighted by atomic mass is 79.9. The van der Waals surface area contributed by atoms with Gasteiger partial charge in [0.2, 0.25) is 0 Å². The van der Waals surface area contributed by atoms with E-state index in [4.69, 9.17) is 9.78 Å². The van der Waals surface area contributed by atoms with E-state index < -0.39 is 0 Å². The number of nitriles is 1. The molecule has 0 aliphatic rings. The summed E-state index contributed by atoms with van der Waals surface area (Å²) in [6.45, 7) is 0. The van der Waals surface area contributed by atoms with Gasteiger partial charge in [-0.3, -0.25) is 0 Å². The Morgan fingerprint density at radius 1 is 1.20 bits per heavy atom. The lowest BCUT2D eigenvalue weighted by Crippen LogP contribution is -1.90. The summed E-state index contributed by atoms with van der Waals surface area (Å²) in [5.41, 5.74) is 1.12. The molecule has 2 heterocycles. The van der Waals surface area contributed by atoms with Gasteiger partial charge in [-0.2, -0.15) is 10.2 Å². The van der Waals surface area contributed by atoms with E-state index >= 15 is 0 Å². The summed E-state index contributed by atoms with van der Waals surface area (Å²) >= 11 is 4.74. The van der Waals surface area contributed by atoms with Crippen molar-refractivity contribution in [3.8, 4) is 16.8 Å². The van der Waals surface area contributed by atoms with Crippen LogP contribution in [0, 0.1) is 11.3 Å². The van der Waals surface area contributed by atoms with Crippen LogP contribution < -0.4 is 0 Å². The van der Waals surface area contributed by atoms with E-state index in [1.807, 2.05) is 30.3 Å². The Balaban J connectivity index is 1.80. The molecule has 0 fully saturated rings. The molecule has 6 heteroatoms. The fourth-order valence-corrected chi connectivity index (χ4v) is 2.71. The minimum Gasteiger partial charge on any atom is -0.333 e. The monoisotopic (exact) mass is 345 g/mol. The lowest BCUT2D eigenvalue weighted by Gasteiger charge is -1.96. The lowest BCUT2D eigenvalue weighted by atomic mass is 10.1. The van der Waals surface area contributed by atoms with Crippen LogP contribution in [0.4, 0.5) is 0 Å². The van der Waals surface area contributed by atoms with Crippen molar-refractivity contribution < 1.29 is 4.52 Å². The van der Waals surface area contributed by atoms with E-state index in [0.29, 0.717) is 23.0 Å². The number of aromatic nitrogens is 2. The zero-order valence-corrected chi connectivity index (χ0v) is 12.6. The predicted molar refractivity (Wildman–Crippen MR) is 79.3 cm³/mol. The standard InChI is InChI=1S/C14H8BrN3OS/c15-10-3-1-9(2-4-10)7-13-17-14(19-18-13)12-6-5-11(8-16)20-12/h1-6H,7H2. The Morgan fingerprint density at radius 3 is 2.70 bits per heavy atom. The van der Waals surface area contributed by atoms with Gasteiger partial charge in [0.25, 0.3) is 5.89 Å². The van der Waals surface area contributed by atoms with Crippen LogP contribution in [-0.4, -0.2) is 10.1 Å². The van der Waals surface area contributed by atoms with Crippen molar-refractivity contribution in [1.29, 1.82) is 5.26 Å². The van der Waals surface area contributed by atoms with Crippen LogP contribution >= 0.6 is 27.3 Å². The number of benzene rings is 1. The van der Waals surface area contributed by atoms with Crippen molar-refractivity contribution in [2.75, 3.05) is 0 Å². The molecule has 98 valence electrons. The fraction of sp³-hybridized carbons (Fsp3) is 0.0714. The number of thiophene rings is 1. The minimum absolute atomic E-state index is 0.462. The summed E-state index contributed by atoms with van der Waals surface area (Å²) in [7, 11) is 0. The Hall–Kier alpha value is -1.97. The molecule has 3 aromatic rings. The molecule has 0 N–H and O–H groups in total. The van der Waals surface area contributed by atoms with E-state index in [-0.39, 0.29) is 0 Å². The number of hydrogen-bond donors (Lipinski definition) is 0. The summed E-state index contributed by atoms with van der Waals surface area (Å²) < 4.78 is 6.27. The molecule has 20 heavy (non-hydrogen) atoms. The lowest BCUT2D eigenvalue weighted by molar-refractivity contribution is 0.424. The second-order valence-corrected chi connectivity index (χ2v) is 6.09. The summed E-state index contributed by atoms with van der Waals surface area (Å²) in [5.74, 6) is 1.10. The van der Waals surface area contributed by atoms with E-state index in [1.54, 1.807) is 6.07 Å². The van der Waals surface area contributed by atoms with Crippen molar-refractivity contribution in [3.63, 3.8) is 0 Å². The third-order valence-electron chi connectivity index (χ3n) is 2.67. The van der Waals surface area contributed by atoms with Crippen molar-refractivity contribution in [3.05, 3.63) is 57.1 Å². The average Bonchev–Trinajstić information content (AvgIpc) is 3.10. The van der Waals surface area contributed by atoms with Crippen molar-refractivity contribution in [2.45, 2.75) is 6.42 Å². The Bertz CT molecular complexity index is 770. The molecule has 0 bridgehead atoms. The molecule has 0 spiro atoms. The van der Waals surface area contributed by atoms with Gasteiger partial charge in [-0.25, -0.2) is 0 Å². The molecule has 4 nitrogen and oxygen atoms in total. The molecule has 2 aromatic heterocycles. The van der Waals surface area contributed by atoms with Gasteiger partial charge >= 0.3 is 0 Å². The van der Waals surface area contributed by atoms with Gasteiger partial charge in [0, 0.05) is 10.9 Å². The van der Waals surface area contributed by atoms with Crippen LogP contribution in [0.5, 0.6) is 0 Å². The molecule has 0 amide bonds. The first-order chi connectivity index (χ1) is 9.74. The van der Waals surface area contributed by atoms with E-state index in [0.717, 1.165) is 14.9 Å². The first-order valence-corrected chi connectivity index (χ1v) is 7.43. The highest BCUT2D eigenvalue weighted by molar-refractivity contribution is 9.10. The summed E-state index contributed by atoms with van der Waals surface area (Å²) in [5, 5.41) is 12.8. The quantitative estimate of drug-likeness (QED) is 0.718. The molecule has 0 aliphatic heterocycles. The van der Waals surface area contributed by atoms with Crippen LogP contribution in [0.15, 0.2) is 45.4 Å². The molecule has 0 radical (unpaired) electrons. The van der Waals surface area contributed by atoms with E-state index in [2.05, 4.69) is 32.1 Å².